The van der Waals surface area contributed by atoms with Gasteiger partial charge in [-0.3, -0.25) is 0 Å². The van der Waals surface area contributed by atoms with Gasteiger partial charge < -0.3 is 10.9 Å². The molecule has 17 heavy (non-hydrogen) atoms. The summed E-state index contributed by atoms with van der Waals surface area (Å²) in [7, 11) is 0. The second kappa shape index (κ2) is 5.45. The molecule has 0 amide bonds. The highest BCUT2D eigenvalue weighted by molar-refractivity contribution is 8.03. The number of nitrogens with zero attached hydrogens (tertiary/aromatic N) is 3. The largest absolute Gasteiger partial charge is 0.409 e. The molecule has 1 heterocycles. The Morgan fingerprint density at radius 2 is 2.24 bits per heavy atom. The second-order valence-corrected chi connectivity index (χ2v) is 7.35. The van der Waals surface area contributed by atoms with Crippen LogP contribution in [0.3, 0.4) is 0 Å². The summed E-state index contributed by atoms with van der Waals surface area (Å²) in [6, 6.07) is 0. The SMILES string of the molecule is CSc1nnc(SCC2(CC(N)=NO)CC2)s1. The molecule has 0 atom stereocenters. The summed E-state index contributed by atoms with van der Waals surface area (Å²) < 4.78 is 1.99. The molecule has 1 aliphatic carbocycles. The molecule has 1 fully saturated rings. The molecule has 0 saturated heterocycles. The lowest BCUT2D eigenvalue weighted by molar-refractivity contribution is 0.315. The Morgan fingerprint density at radius 1 is 1.53 bits per heavy atom. The van der Waals surface area contributed by atoms with Gasteiger partial charge in [-0.05, 0) is 24.5 Å². The molecule has 1 aromatic heterocycles. The van der Waals surface area contributed by atoms with Crippen molar-refractivity contribution in [1.82, 2.24) is 10.2 Å². The van der Waals surface area contributed by atoms with Crippen molar-refractivity contribution in [2.75, 3.05) is 12.0 Å². The minimum Gasteiger partial charge on any atom is -0.409 e. The highest BCUT2D eigenvalue weighted by Crippen LogP contribution is 2.52. The molecule has 94 valence electrons. The van der Waals surface area contributed by atoms with Gasteiger partial charge in [0.2, 0.25) is 0 Å². The average Bonchev–Trinajstić information content (AvgIpc) is 2.94. The molecule has 1 aliphatic rings. The number of thioether (sulfide) groups is 2. The lowest BCUT2D eigenvalue weighted by Gasteiger charge is -2.11. The van der Waals surface area contributed by atoms with Gasteiger partial charge >= 0.3 is 0 Å². The maximum Gasteiger partial charge on any atom is 0.175 e. The van der Waals surface area contributed by atoms with Crippen molar-refractivity contribution in [2.24, 2.45) is 16.3 Å². The molecule has 0 bridgehead atoms. The maximum absolute atomic E-state index is 8.58. The van der Waals surface area contributed by atoms with E-state index in [1.165, 1.54) is 0 Å². The van der Waals surface area contributed by atoms with E-state index in [9.17, 15) is 0 Å². The van der Waals surface area contributed by atoms with Crippen molar-refractivity contribution < 1.29 is 5.21 Å². The quantitative estimate of drug-likeness (QED) is 0.275. The monoisotopic (exact) mass is 290 g/mol. The average molecular weight is 290 g/mol. The lowest BCUT2D eigenvalue weighted by Crippen LogP contribution is -2.19. The van der Waals surface area contributed by atoms with Gasteiger partial charge in [0.05, 0.1) is 0 Å². The Kier molecular flexibility index (Phi) is 4.16. The fraction of sp³-hybridized carbons (Fsp3) is 0.667. The van der Waals surface area contributed by atoms with Crippen LogP contribution in [-0.4, -0.2) is 33.2 Å². The van der Waals surface area contributed by atoms with E-state index in [-0.39, 0.29) is 5.41 Å². The summed E-state index contributed by atoms with van der Waals surface area (Å²) in [4.78, 5) is 0. The normalized spacial score (nSPS) is 18.3. The Balaban J connectivity index is 1.85. The van der Waals surface area contributed by atoms with E-state index in [0.29, 0.717) is 12.3 Å². The van der Waals surface area contributed by atoms with Crippen LogP contribution in [0, 0.1) is 5.41 Å². The third-order valence-electron chi connectivity index (χ3n) is 2.71. The van der Waals surface area contributed by atoms with E-state index in [1.54, 1.807) is 34.9 Å². The Bertz CT molecular complexity index is 416. The predicted octanol–water partition coefficient (Wildman–Crippen LogP) is 2.27. The summed E-state index contributed by atoms with van der Waals surface area (Å²) in [5, 5.41) is 19.8. The van der Waals surface area contributed by atoms with Crippen molar-refractivity contribution in [1.29, 1.82) is 0 Å². The van der Waals surface area contributed by atoms with Gasteiger partial charge in [-0.25, -0.2) is 0 Å². The number of hydrogen-bond donors (Lipinski definition) is 2. The molecule has 0 aliphatic heterocycles. The summed E-state index contributed by atoms with van der Waals surface area (Å²) in [5.74, 6) is 1.29. The minimum atomic E-state index is 0.214. The Hall–Kier alpha value is -0.470. The van der Waals surface area contributed by atoms with Crippen LogP contribution in [0.2, 0.25) is 0 Å². The van der Waals surface area contributed by atoms with Gasteiger partial charge in [-0.2, -0.15) is 0 Å². The van der Waals surface area contributed by atoms with Gasteiger partial charge in [-0.15, -0.1) is 10.2 Å². The molecule has 5 nitrogen and oxygen atoms in total. The van der Waals surface area contributed by atoms with Crippen molar-refractivity contribution in [3.63, 3.8) is 0 Å². The van der Waals surface area contributed by atoms with E-state index >= 15 is 0 Å². The first-order valence-electron chi connectivity index (χ1n) is 5.14. The zero-order valence-electron chi connectivity index (χ0n) is 9.42. The number of aromatic nitrogens is 2. The molecule has 0 aromatic carbocycles. The molecule has 1 aromatic rings. The number of rotatable bonds is 6. The van der Waals surface area contributed by atoms with Gasteiger partial charge in [-0.1, -0.05) is 40.0 Å². The van der Waals surface area contributed by atoms with Crippen LogP contribution in [0.1, 0.15) is 19.3 Å². The first-order valence-corrected chi connectivity index (χ1v) is 8.17. The summed E-state index contributed by atoms with van der Waals surface area (Å²) in [6.45, 7) is 0. The van der Waals surface area contributed by atoms with E-state index in [2.05, 4.69) is 15.4 Å². The zero-order chi connectivity index (χ0) is 12.3. The number of nitrogens with two attached hydrogens (primary N) is 1. The number of amidine groups is 1. The molecule has 1 saturated carbocycles. The molecule has 0 spiro atoms. The molecule has 0 unspecified atom stereocenters. The first-order chi connectivity index (χ1) is 8.17. The molecule has 2 rings (SSSR count). The third-order valence-corrected chi connectivity index (χ3v) is 6.09. The molecule has 8 heteroatoms. The fourth-order valence-corrected chi connectivity index (χ4v) is 4.25. The summed E-state index contributed by atoms with van der Waals surface area (Å²) in [5.41, 5.74) is 5.77. The van der Waals surface area contributed by atoms with Gasteiger partial charge in [0.15, 0.2) is 8.68 Å². The highest BCUT2D eigenvalue weighted by atomic mass is 32.2. The van der Waals surface area contributed by atoms with Crippen LogP contribution < -0.4 is 5.73 Å². The van der Waals surface area contributed by atoms with Crippen molar-refractivity contribution in [3.8, 4) is 0 Å². The number of hydrogen-bond acceptors (Lipinski definition) is 7. The van der Waals surface area contributed by atoms with Gasteiger partial charge in [0.25, 0.3) is 0 Å². The summed E-state index contributed by atoms with van der Waals surface area (Å²) in [6.07, 6.45) is 4.95. The smallest absolute Gasteiger partial charge is 0.175 e. The van der Waals surface area contributed by atoms with Crippen LogP contribution in [0.4, 0.5) is 0 Å². The first kappa shape index (κ1) is 13.0. The van der Waals surface area contributed by atoms with E-state index in [4.69, 9.17) is 10.9 Å². The van der Waals surface area contributed by atoms with Crippen LogP contribution >= 0.6 is 34.9 Å². The van der Waals surface area contributed by atoms with Crippen molar-refractivity contribution in [3.05, 3.63) is 0 Å². The van der Waals surface area contributed by atoms with E-state index in [0.717, 1.165) is 27.3 Å². The molecular weight excluding hydrogens is 276 g/mol. The van der Waals surface area contributed by atoms with Crippen molar-refractivity contribution in [2.45, 2.75) is 27.9 Å². The topological polar surface area (TPSA) is 84.4 Å². The van der Waals surface area contributed by atoms with Crippen LogP contribution in [0.25, 0.3) is 0 Å². The van der Waals surface area contributed by atoms with Crippen molar-refractivity contribution >= 4 is 40.7 Å². The summed E-state index contributed by atoms with van der Waals surface area (Å²) >= 11 is 4.95. The fourth-order valence-electron chi connectivity index (χ4n) is 1.52. The maximum atomic E-state index is 8.58. The number of oxime groups is 1. The third kappa shape index (κ3) is 3.49. The lowest BCUT2D eigenvalue weighted by atomic mass is 10.1. The van der Waals surface area contributed by atoms with E-state index in [1.807, 2.05) is 6.26 Å². The van der Waals surface area contributed by atoms with Crippen LogP contribution in [-0.2, 0) is 0 Å². The zero-order valence-corrected chi connectivity index (χ0v) is 11.9. The van der Waals surface area contributed by atoms with Gasteiger partial charge in [0, 0.05) is 12.2 Å². The standard InChI is InChI=1S/C9H14N4OS3/c1-15-7-11-12-8(17-7)16-5-9(2-3-9)4-6(10)13-14/h14H,2-5H2,1H3,(H2,10,13). The minimum absolute atomic E-state index is 0.214. The highest BCUT2D eigenvalue weighted by Gasteiger charge is 2.43. The van der Waals surface area contributed by atoms with Crippen LogP contribution in [0.5, 0.6) is 0 Å². The second-order valence-electron chi connectivity index (χ2n) is 4.09. The Labute approximate surface area is 112 Å². The Morgan fingerprint density at radius 3 is 2.76 bits per heavy atom. The predicted molar refractivity (Wildman–Crippen MR) is 72.1 cm³/mol. The van der Waals surface area contributed by atoms with Crippen LogP contribution in [0.15, 0.2) is 13.8 Å². The molecule has 3 N–H and O–H groups in total. The van der Waals surface area contributed by atoms with E-state index < -0.39 is 0 Å². The molecular formula is C9H14N4OS3. The molecule has 0 radical (unpaired) electrons. The van der Waals surface area contributed by atoms with Gasteiger partial charge in [0.1, 0.15) is 5.84 Å².